The lowest BCUT2D eigenvalue weighted by Crippen LogP contribution is -2.17. The minimum absolute atomic E-state index is 0.0818. The van der Waals surface area contributed by atoms with E-state index in [1.807, 2.05) is 13.1 Å². The van der Waals surface area contributed by atoms with Gasteiger partial charge in [-0.25, -0.2) is 0 Å². The van der Waals surface area contributed by atoms with Crippen LogP contribution in [0.5, 0.6) is 0 Å². The van der Waals surface area contributed by atoms with Gasteiger partial charge in [0, 0.05) is 5.56 Å². The number of halogens is 2. The number of hydrogen-bond acceptors (Lipinski definition) is 2. The maximum Gasteiger partial charge on any atom is 0.0995 e. The Hall–Kier alpha value is -0.540. The SMILES string of the molecule is CNC(c1cccc(CC(C)C)c1)c1cc(Cl)sc1Cl. The quantitative estimate of drug-likeness (QED) is 0.757. The third kappa shape index (κ3) is 3.76. The van der Waals surface area contributed by atoms with Gasteiger partial charge in [0.05, 0.1) is 14.7 Å². The molecular formula is C16H19Cl2NS. The Morgan fingerprint density at radius 1 is 1.20 bits per heavy atom. The summed E-state index contributed by atoms with van der Waals surface area (Å²) in [6.45, 7) is 4.47. The smallest absolute Gasteiger partial charge is 0.0995 e. The van der Waals surface area contributed by atoms with Crippen LogP contribution < -0.4 is 5.32 Å². The topological polar surface area (TPSA) is 12.0 Å². The molecule has 0 fully saturated rings. The average molecular weight is 328 g/mol. The Morgan fingerprint density at radius 2 is 1.95 bits per heavy atom. The normalized spacial score (nSPS) is 12.9. The predicted octanol–water partition coefficient (Wildman–Crippen LogP) is 5.56. The first-order valence-electron chi connectivity index (χ1n) is 6.72. The third-order valence-corrected chi connectivity index (χ3v) is 4.73. The highest BCUT2D eigenvalue weighted by molar-refractivity contribution is 7.20. The summed E-state index contributed by atoms with van der Waals surface area (Å²) in [7, 11) is 1.95. The molecule has 2 rings (SSSR count). The number of benzene rings is 1. The first kappa shape index (κ1) is 15.8. The molecule has 1 heterocycles. The van der Waals surface area contributed by atoms with E-state index in [-0.39, 0.29) is 6.04 Å². The van der Waals surface area contributed by atoms with Gasteiger partial charge in [0.25, 0.3) is 0 Å². The van der Waals surface area contributed by atoms with Crippen molar-refractivity contribution in [3.8, 4) is 0 Å². The molecule has 0 bridgehead atoms. The fraction of sp³-hybridized carbons (Fsp3) is 0.375. The predicted molar refractivity (Wildman–Crippen MR) is 90.2 cm³/mol. The summed E-state index contributed by atoms with van der Waals surface area (Å²) >= 11 is 13.8. The fourth-order valence-electron chi connectivity index (χ4n) is 2.42. The monoisotopic (exact) mass is 327 g/mol. The van der Waals surface area contributed by atoms with Crippen molar-refractivity contribution < 1.29 is 0 Å². The zero-order valence-electron chi connectivity index (χ0n) is 11.9. The second-order valence-corrected chi connectivity index (χ2v) is 7.63. The highest BCUT2D eigenvalue weighted by Crippen LogP contribution is 2.37. The van der Waals surface area contributed by atoms with Crippen LogP contribution in [0, 0.1) is 5.92 Å². The molecule has 0 amide bonds. The van der Waals surface area contributed by atoms with E-state index >= 15 is 0 Å². The lowest BCUT2D eigenvalue weighted by Gasteiger charge is -2.17. The molecule has 1 N–H and O–H groups in total. The molecule has 1 nitrogen and oxygen atoms in total. The summed E-state index contributed by atoms with van der Waals surface area (Å²) in [4.78, 5) is 0. The molecule has 0 saturated carbocycles. The van der Waals surface area contributed by atoms with Gasteiger partial charge < -0.3 is 5.32 Å². The Bertz CT molecular complexity index is 578. The Morgan fingerprint density at radius 3 is 2.50 bits per heavy atom. The van der Waals surface area contributed by atoms with Crippen LogP contribution in [0.1, 0.15) is 36.6 Å². The standard InChI is InChI=1S/C16H19Cl2NS/c1-10(2)7-11-5-4-6-12(8-11)15(19-3)13-9-14(17)20-16(13)18/h4-6,8-10,15,19H,7H2,1-3H3. The molecule has 0 aliphatic carbocycles. The number of rotatable bonds is 5. The summed E-state index contributed by atoms with van der Waals surface area (Å²) in [6.07, 6.45) is 1.09. The second kappa shape index (κ2) is 6.95. The lowest BCUT2D eigenvalue weighted by molar-refractivity contribution is 0.643. The molecule has 0 aliphatic heterocycles. The van der Waals surface area contributed by atoms with E-state index in [1.54, 1.807) is 0 Å². The van der Waals surface area contributed by atoms with Crippen LogP contribution in [-0.4, -0.2) is 7.05 Å². The molecule has 1 unspecified atom stereocenters. The van der Waals surface area contributed by atoms with Crippen LogP contribution in [-0.2, 0) is 6.42 Å². The molecule has 2 aromatic rings. The van der Waals surface area contributed by atoms with Gasteiger partial charge in [0.1, 0.15) is 0 Å². The number of thiophene rings is 1. The van der Waals surface area contributed by atoms with Crippen LogP contribution in [0.25, 0.3) is 0 Å². The molecule has 0 radical (unpaired) electrons. The van der Waals surface area contributed by atoms with Crippen molar-refractivity contribution in [2.24, 2.45) is 5.92 Å². The van der Waals surface area contributed by atoms with Gasteiger partial charge in [-0.05, 0) is 36.6 Å². The molecular weight excluding hydrogens is 309 g/mol. The zero-order chi connectivity index (χ0) is 14.7. The average Bonchev–Trinajstić information content (AvgIpc) is 2.69. The molecule has 108 valence electrons. The zero-order valence-corrected chi connectivity index (χ0v) is 14.2. The minimum atomic E-state index is 0.0818. The van der Waals surface area contributed by atoms with E-state index in [1.165, 1.54) is 22.5 Å². The number of hydrogen-bond donors (Lipinski definition) is 1. The largest absolute Gasteiger partial charge is 0.309 e. The van der Waals surface area contributed by atoms with Gasteiger partial charge in [-0.15, -0.1) is 11.3 Å². The first-order chi connectivity index (χ1) is 9.51. The number of nitrogens with one attached hydrogen (secondary N) is 1. The second-order valence-electron chi connectivity index (χ2n) is 5.34. The molecule has 20 heavy (non-hydrogen) atoms. The molecule has 1 atom stereocenters. The molecule has 0 spiro atoms. The van der Waals surface area contributed by atoms with Crippen LogP contribution in [0.2, 0.25) is 8.67 Å². The van der Waals surface area contributed by atoms with Crippen LogP contribution in [0.15, 0.2) is 30.3 Å². The summed E-state index contributed by atoms with van der Waals surface area (Å²) in [5.41, 5.74) is 3.63. The summed E-state index contributed by atoms with van der Waals surface area (Å²) in [5.74, 6) is 0.650. The highest BCUT2D eigenvalue weighted by atomic mass is 35.5. The van der Waals surface area contributed by atoms with Crippen molar-refractivity contribution in [1.29, 1.82) is 0 Å². The van der Waals surface area contributed by atoms with E-state index < -0.39 is 0 Å². The molecule has 0 aliphatic rings. The maximum absolute atomic E-state index is 6.29. The first-order valence-corrected chi connectivity index (χ1v) is 8.29. The molecule has 4 heteroatoms. The van der Waals surface area contributed by atoms with Crippen molar-refractivity contribution in [3.05, 3.63) is 55.7 Å². The summed E-state index contributed by atoms with van der Waals surface area (Å²) in [5, 5.41) is 3.33. The van der Waals surface area contributed by atoms with Crippen molar-refractivity contribution in [3.63, 3.8) is 0 Å². The highest BCUT2D eigenvalue weighted by Gasteiger charge is 2.18. The van der Waals surface area contributed by atoms with Crippen molar-refractivity contribution in [2.45, 2.75) is 26.3 Å². The third-order valence-electron chi connectivity index (χ3n) is 3.21. The van der Waals surface area contributed by atoms with Crippen molar-refractivity contribution >= 4 is 34.5 Å². The molecule has 1 aromatic heterocycles. The van der Waals surface area contributed by atoms with Crippen molar-refractivity contribution in [2.75, 3.05) is 7.05 Å². The molecule has 0 saturated heterocycles. The van der Waals surface area contributed by atoms with Crippen LogP contribution in [0.3, 0.4) is 0 Å². The fourth-order valence-corrected chi connectivity index (χ4v) is 3.95. The van der Waals surface area contributed by atoms with Gasteiger partial charge >= 0.3 is 0 Å². The van der Waals surface area contributed by atoms with Gasteiger partial charge in [-0.2, -0.15) is 0 Å². The van der Waals surface area contributed by atoms with Gasteiger partial charge in [0.15, 0.2) is 0 Å². The van der Waals surface area contributed by atoms with Gasteiger partial charge in [-0.3, -0.25) is 0 Å². The minimum Gasteiger partial charge on any atom is -0.309 e. The van der Waals surface area contributed by atoms with E-state index in [2.05, 4.69) is 43.4 Å². The Balaban J connectivity index is 2.34. The van der Waals surface area contributed by atoms with Crippen LogP contribution in [0.4, 0.5) is 0 Å². The van der Waals surface area contributed by atoms with Crippen LogP contribution >= 0.6 is 34.5 Å². The lowest BCUT2D eigenvalue weighted by atomic mass is 9.96. The molecule has 1 aromatic carbocycles. The van der Waals surface area contributed by atoms with E-state index in [9.17, 15) is 0 Å². The Kier molecular flexibility index (Phi) is 5.50. The maximum atomic E-state index is 6.29. The van der Waals surface area contributed by atoms with E-state index in [0.717, 1.165) is 20.7 Å². The van der Waals surface area contributed by atoms with Gasteiger partial charge in [0.2, 0.25) is 0 Å². The Labute approximate surface area is 134 Å². The van der Waals surface area contributed by atoms with Gasteiger partial charge in [-0.1, -0.05) is 61.3 Å². The van der Waals surface area contributed by atoms with E-state index in [0.29, 0.717) is 5.92 Å². The van der Waals surface area contributed by atoms with E-state index in [4.69, 9.17) is 23.2 Å². The summed E-state index contributed by atoms with van der Waals surface area (Å²) in [6, 6.07) is 10.7. The van der Waals surface area contributed by atoms with Crippen molar-refractivity contribution in [1.82, 2.24) is 5.32 Å². The summed E-state index contributed by atoms with van der Waals surface area (Å²) < 4.78 is 1.48.